The molecule has 1 amide bonds. The summed E-state index contributed by atoms with van der Waals surface area (Å²) in [4.78, 5) is 14.3. The maximum atomic E-state index is 11.9. The Morgan fingerprint density at radius 3 is 2.38 bits per heavy atom. The average Bonchev–Trinajstić information content (AvgIpc) is 2.68. The molecule has 0 saturated carbocycles. The first-order chi connectivity index (χ1) is 12.7. The van der Waals surface area contributed by atoms with Crippen molar-refractivity contribution in [2.75, 3.05) is 32.9 Å². The van der Waals surface area contributed by atoms with Gasteiger partial charge < -0.3 is 14.8 Å². The maximum Gasteiger partial charge on any atom is 0.258 e. The lowest BCUT2D eigenvalue weighted by Crippen LogP contribution is -2.35. The number of nitrogens with zero attached hydrogens (tertiary/aromatic N) is 1. The molecule has 2 aromatic rings. The first-order valence-corrected chi connectivity index (χ1v) is 9.10. The van der Waals surface area contributed by atoms with Gasteiger partial charge in [-0.1, -0.05) is 35.9 Å². The number of nitrogens with one attached hydrogen (secondary N) is 1. The van der Waals surface area contributed by atoms with Gasteiger partial charge in [-0.15, -0.1) is 0 Å². The number of carbonyl (C=O) groups is 1. The lowest BCUT2D eigenvalue weighted by Gasteiger charge is -2.26. The van der Waals surface area contributed by atoms with Crippen LogP contribution in [-0.4, -0.2) is 43.7 Å². The molecular formula is C20H23ClN2O3. The summed E-state index contributed by atoms with van der Waals surface area (Å²) in [5.74, 6) is 0.467. The highest BCUT2D eigenvalue weighted by atomic mass is 35.5. The predicted octanol–water partition coefficient (Wildman–Crippen LogP) is 2.87. The van der Waals surface area contributed by atoms with Gasteiger partial charge in [0.1, 0.15) is 5.75 Å². The molecule has 1 N–H and O–H groups in total. The fourth-order valence-electron chi connectivity index (χ4n) is 2.71. The minimum atomic E-state index is -0.155. The van der Waals surface area contributed by atoms with E-state index >= 15 is 0 Å². The lowest BCUT2D eigenvalue weighted by molar-refractivity contribution is -0.123. The number of carbonyl (C=O) groups excluding carboxylic acids is 1. The van der Waals surface area contributed by atoms with E-state index in [9.17, 15) is 4.79 Å². The first kappa shape index (κ1) is 18.7. The highest BCUT2D eigenvalue weighted by Gasteiger charge is 2.10. The van der Waals surface area contributed by atoms with Crippen LogP contribution in [0.5, 0.6) is 5.75 Å². The van der Waals surface area contributed by atoms with Crippen LogP contribution in [0.4, 0.5) is 0 Å². The van der Waals surface area contributed by atoms with Crippen molar-refractivity contribution in [3.8, 4) is 5.75 Å². The van der Waals surface area contributed by atoms with Gasteiger partial charge in [-0.2, -0.15) is 0 Å². The van der Waals surface area contributed by atoms with E-state index in [0.29, 0.717) is 17.3 Å². The zero-order chi connectivity index (χ0) is 18.2. The number of halogens is 1. The highest BCUT2D eigenvalue weighted by molar-refractivity contribution is 6.30. The van der Waals surface area contributed by atoms with Crippen molar-refractivity contribution in [2.45, 2.75) is 13.1 Å². The predicted molar refractivity (Wildman–Crippen MR) is 101 cm³/mol. The molecule has 5 nitrogen and oxygen atoms in total. The summed E-state index contributed by atoms with van der Waals surface area (Å²) in [6.07, 6.45) is 0. The Labute approximate surface area is 158 Å². The van der Waals surface area contributed by atoms with Crippen LogP contribution in [0.3, 0.4) is 0 Å². The fourth-order valence-corrected chi connectivity index (χ4v) is 2.84. The van der Waals surface area contributed by atoms with Gasteiger partial charge in [-0.05, 0) is 35.4 Å². The quantitative estimate of drug-likeness (QED) is 0.809. The Balaban J connectivity index is 1.39. The van der Waals surface area contributed by atoms with Gasteiger partial charge in [0.05, 0.1) is 13.2 Å². The Morgan fingerprint density at radius 1 is 1.04 bits per heavy atom. The number of hydrogen-bond donors (Lipinski definition) is 1. The minimum absolute atomic E-state index is 0.0171. The normalized spacial score (nSPS) is 14.8. The molecule has 0 spiro atoms. The van der Waals surface area contributed by atoms with Crippen LogP contribution < -0.4 is 10.1 Å². The van der Waals surface area contributed by atoms with Gasteiger partial charge in [0.2, 0.25) is 0 Å². The second-order valence-corrected chi connectivity index (χ2v) is 6.66. The molecule has 0 radical (unpaired) electrons. The standard InChI is InChI=1S/C20H23ClN2O3/c21-18-5-7-19(8-6-18)26-15-20(24)22-13-16-1-3-17(4-2-16)14-23-9-11-25-12-10-23/h1-8H,9-15H2,(H,22,24). The van der Waals surface area contributed by atoms with E-state index in [1.807, 2.05) is 0 Å². The van der Waals surface area contributed by atoms with Gasteiger partial charge in [0.25, 0.3) is 5.91 Å². The van der Waals surface area contributed by atoms with Crippen molar-refractivity contribution >= 4 is 17.5 Å². The zero-order valence-corrected chi connectivity index (χ0v) is 15.4. The van der Waals surface area contributed by atoms with Gasteiger partial charge in [-0.25, -0.2) is 0 Å². The number of benzene rings is 2. The van der Waals surface area contributed by atoms with Gasteiger partial charge in [0.15, 0.2) is 6.61 Å². The highest BCUT2D eigenvalue weighted by Crippen LogP contribution is 2.15. The molecule has 138 valence electrons. The van der Waals surface area contributed by atoms with E-state index in [-0.39, 0.29) is 12.5 Å². The summed E-state index contributed by atoms with van der Waals surface area (Å²) in [6.45, 7) is 4.98. The van der Waals surface area contributed by atoms with Crippen LogP contribution in [0.25, 0.3) is 0 Å². The molecule has 0 unspecified atom stereocenters. The van der Waals surface area contributed by atoms with Crippen molar-refractivity contribution in [3.63, 3.8) is 0 Å². The molecule has 6 heteroatoms. The van der Waals surface area contributed by atoms with E-state index in [1.165, 1.54) is 5.56 Å². The van der Waals surface area contributed by atoms with Gasteiger partial charge >= 0.3 is 0 Å². The molecule has 1 saturated heterocycles. The molecular weight excluding hydrogens is 352 g/mol. The van der Waals surface area contributed by atoms with Crippen LogP contribution in [-0.2, 0) is 22.6 Å². The summed E-state index contributed by atoms with van der Waals surface area (Å²) in [5, 5.41) is 3.50. The van der Waals surface area contributed by atoms with E-state index in [2.05, 4.69) is 34.5 Å². The number of ether oxygens (including phenoxy) is 2. The SMILES string of the molecule is O=C(COc1ccc(Cl)cc1)NCc1ccc(CN2CCOCC2)cc1. The molecule has 26 heavy (non-hydrogen) atoms. The first-order valence-electron chi connectivity index (χ1n) is 8.72. The molecule has 0 aromatic heterocycles. The Bertz CT molecular complexity index is 698. The van der Waals surface area contributed by atoms with Crippen LogP contribution in [0, 0.1) is 0 Å². The second kappa shape index (κ2) is 9.57. The third-order valence-electron chi connectivity index (χ3n) is 4.21. The fraction of sp³-hybridized carbons (Fsp3) is 0.350. The summed E-state index contributed by atoms with van der Waals surface area (Å²) >= 11 is 5.81. The molecule has 0 aliphatic carbocycles. The summed E-state index contributed by atoms with van der Waals surface area (Å²) in [7, 11) is 0. The minimum Gasteiger partial charge on any atom is -0.484 e. The van der Waals surface area contributed by atoms with Gasteiger partial charge in [-0.3, -0.25) is 9.69 Å². The maximum absolute atomic E-state index is 11.9. The van der Waals surface area contributed by atoms with Crippen LogP contribution in [0.1, 0.15) is 11.1 Å². The molecule has 1 fully saturated rings. The van der Waals surface area contributed by atoms with Crippen molar-refractivity contribution in [1.82, 2.24) is 10.2 Å². The molecule has 3 rings (SSSR count). The largest absolute Gasteiger partial charge is 0.484 e. The van der Waals surface area contributed by atoms with Crippen molar-refractivity contribution < 1.29 is 14.3 Å². The average molecular weight is 375 g/mol. The van der Waals surface area contributed by atoms with E-state index < -0.39 is 0 Å². The number of rotatable bonds is 7. The molecule has 0 atom stereocenters. The molecule has 1 heterocycles. The van der Waals surface area contributed by atoms with Crippen LogP contribution in [0.15, 0.2) is 48.5 Å². The monoisotopic (exact) mass is 374 g/mol. The Kier molecular flexibility index (Phi) is 6.89. The number of hydrogen-bond acceptors (Lipinski definition) is 4. The molecule has 0 bridgehead atoms. The zero-order valence-electron chi connectivity index (χ0n) is 14.6. The second-order valence-electron chi connectivity index (χ2n) is 6.22. The lowest BCUT2D eigenvalue weighted by atomic mass is 10.1. The summed E-state index contributed by atoms with van der Waals surface area (Å²) < 4.78 is 10.8. The smallest absolute Gasteiger partial charge is 0.258 e. The van der Waals surface area contributed by atoms with Crippen molar-refractivity contribution in [2.24, 2.45) is 0 Å². The van der Waals surface area contributed by atoms with Crippen molar-refractivity contribution in [1.29, 1.82) is 0 Å². The van der Waals surface area contributed by atoms with Crippen LogP contribution >= 0.6 is 11.6 Å². The number of morpholine rings is 1. The molecule has 1 aliphatic rings. The van der Waals surface area contributed by atoms with E-state index in [1.54, 1.807) is 24.3 Å². The molecule has 2 aromatic carbocycles. The van der Waals surface area contributed by atoms with Gasteiger partial charge in [0, 0.05) is 31.2 Å². The topological polar surface area (TPSA) is 50.8 Å². The third kappa shape index (κ3) is 6.02. The third-order valence-corrected chi connectivity index (χ3v) is 4.46. The van der Waals surface area contributed by atoms with E-state index in [0.717, 1.165) is 38.4 Å². The number of amides is 1. The van der Waals surface area contributed by atoms with Crippen LogP contribution in [0.2, 0.25) is 5.02 Å². The Morgan fingerprint density at radius 2 is 1.69 bits per heavy atom. The van der Waals surface area contributed by atoms with E-state index in [4.69, 9.17) is 21.1 Å². The van der Waals surface area contributed by atoms with Crippen molar-refractivity contribution in [3.05, 3.63) is 64.7 Å². The Hall–Kier alpha value is -2.08. The summed E-state index contributed by atoms with van der Waals surface area (Å²) in [5.41, 5.74) is 2.34. The molecule has 1 aliphatic heterocycles. The summed E-state index contributed by atoms with van der Waals surface area (Å²) in [6, 6.07) is 15.3.